The molecule has 0 atom stereocenters. The Bertz CT molecular complexity index is 857. The minimum Gasteiger partial charge on any atom is -0.473 e. The summed E-state index contributed by atoms with van der Waals surface area (Å²) in [4.78, 5) is 2.28. The van der Waals surface area contributed by atoms with Crippen molar-refractivity contribution < 1.29 is 4.74 Å². The fourth-order valence-corrected chi connectivity index (χ4v) is 3.51. The highest BCUT2D eigenvalue weighted by atomic mass is 79.9. The number of fused-ring (bicyclic) bond motifs is 3. The van der Waals surface area contributed by atoms with E-state index >= 15 is 0 Å². The van der Waals surface area contributed by atoms with Crippen molar-refractivity contribution in [2.24, 2.45) is 0 Å². The number of rotatable bonds is 2. The third kappa shape index (κ3) is 2.70. The third-order valence-corrected chi connectivity index (χ3v) is 4.98. The van der Waals surface area contributed by atoms with Crippen molar-refractivity contribution in [2.75, 3.05) is 11.6 Å². The summed E-state index contributed by atoms with van der Waals surface area (Å²) >= 11 is 3.55. The van der Waals surface area contributed by atoms with Crippen LogP contribution in [0.15, 0.2) is 59.1 Å². The molecule has 0 saturated heterocycles. The fourth-order valence-electron chi connectivity index (χ4n) is 3.14. The lowest BCUT2D eigenvalue weighted by molar-refractivity contribution is 0.290. The summed E-state index contributed by atoms with van der Waals surface area (Å²) in [6.45, 7) is 3.65. The molecule has 3 aromatic carbocycles. The molecule has 0 aliphatic carbocycles. The van der Waals surface area contributed by atoms with Gasteiger partial charge >= 0.3 is 0 Å². The van der Waals surface area contributed by atoms with E-state index in [9.17, 15) is 0 Å². The van der Waals surface area contributed by atoms with Crippen molar-refractivity contribution in [3.05, 3.63) is 70.2 Å². The van der Waals surface area contributed by atoms with E-state index in [-0.39, 0.29) is 0 Å². The summed E-state index contributed by atoms with van der Waals surface area (Å²) in [7, 11) is 0. The van der Waals surface area contributed by atoms with Gasteiger partial charge in [-0.3, -0.25) is 0 Å². The van der Waals surface area contributed by atoms with Gasteiger partial charge in [0.2, 0.25) is 0 Å². The molecule has 116 valence electrons. The van der Waals surface area contributed by atoms with Gasteiger partial charge in [-0.15, -0.1) is 0 Å². The number of hydrogen-bond acceptors (Lipinski definition) is 2. The standard InChI is InChI=1S/C20H18BrNO/c1-2-14-3-7-17(8-4-14)22-12-19-18-9-6-16(21)11-15(18)5-10-20(19)23-13-22/h3-11H,2,12-13H2,1H3. The number of ether oxygens (including phenoxy) is 1. The quantitative estimate of drug-likeness (QED) is 0.591. The van der Waals surface area contributed by atoms with Gasteiger partial charge in [-0.2, -0.15) is 0 Å². The van der Waals surface area contributed by atoms with Crippen molar-refractivity contribution >= 4 is 32.4 Å². The van der Waals surface area contributed by atoms with Crippen molar-refractivity contribution in [1.82, 2.24) is 0 Å². The Morgan fingerprint density at radius 3 is 2.65 bits per heavy atom. The molecule has 0 saturated carbocycles. The molecule has 0 aromatic heterocycles. The third-order valence-electron chi connectivity index (χ3n) is 4.49. The van der Waals surface area contributed by atoms with Crippen LogP contribution < -0.4 is 9.64 Å². The predicted octanol–water partition coefficient (Wildman–Crippen LogP) is 5.52. The number of anilines is 1. The van der Waals surface area contributed by atoms with E-state index in [1.165, 1.54) is 27.6 Å². The summed E-state index contributed by atoms with van der Waals surface area (Å²) in [5, 5.41) is 2.51. The number of nitrogens with zero attached hydrogens (tertiary/aromatic N) is 1. The van der Waals surface area contributed by atoms with Crippen LogP contribution in [0.5, 0.6) is 5.75 Å². The maximum absolute atomic E-state index is 6.00. The Kier molecular flexibility index (Phi) is 3.74. The van der Waals surface area contributed by atoms with Gasteiger partial charge < -0.3 is 9.64 Å². The highest BCUT2D eigenvalue weighted by Crippen LogP contribution is 2.35. The number of hydrogen-bond donors (Lipinski definition) is 0. The van der Waals surface area contributed by atoms with Gasteiger partial charge in [0, 0.05) is 15.7 Å². The molecule has 2 nitrogen and oxygen atoms in total. The van der Waals surface area contributed by atoms with Crippen molar-refractivity contribution in [1.29, 1.82) is 0 Å². The first-order chi connectivity index (χ1) is 11.2. The second kappa shape index (κ2) is 5.89. The van der Waals surface area contributed by atoms with Gasteiger partial charge in [-0.25, -0.2) is 0 Å². The molecule has 1 aliphatic heterocycles. The Hall–Kier alpha value is -2.00. The van der Waals surface area contributed by atoms with Gasteiger partial charge in [-0.05, 0) is 53.1 Å². The Morgan fingerprint density at radius 2 is 1.87 bits per heavy atom. The summed E-state index contributed by atoms with van der Waals surface area (Å²) in [5.74, 6) is 1.00. The summed E-state index contributed by atoms with van der Waals surface area (Å²) in [6, 6.07) is 19.4. The highest BCUT2D eigenvalue weighted by molar-refractivity contribution is 9.10. The lowest BCUT2D eigenvalue weighted by atomic mass is 10.0. The second-order valence-corrected chi connectivity index (χ2v) is 6.81. The first-order valence-electron chi connectivity index (χ1n) is 7.92. The minimum absolute atomic E-state index is 0.598. The zero-order valence-electron chi connectivity index (χ0n) is 13.1. The topological polar surface area (TPSA) is 12.5 Å². The van der Waals surface area contributed by atoms with Gasteiger partial charge in [-0.1, -0.05) is 47.1 Å². The lowest BCUT2D eigenvalue weighted by Crippen LogP contribution is -2.31. The molecule has 0 radical (unpaired) electrons. The minimum atomic E-state index is 0.598. The van der Waals surface area contributed by atoms with E-state index < -0.39 is 0 Å². The van der Waals surface area contributed by atoms with Crippen LogP contribution >= 0.6 is 15.9 Å². The van der Waals surface area contributed by atoms with Crippen LogP contribution in [0.4, 0.5) is 5.69 Å². The maximum Gasteiger partial charge on any atom is 0.161 e. The van der Waals surface area contributed by atoms with Gasteiger partial charge in [0.15, 0.2) is 6.73 Å². The van der Waals surface area contributed by atoms with E-state index in [2.05, 4.69) is 82.4 Å². The van der Waals surface area contributed by atoms with Crippen molar-refractivity contribution in [2.45, 2.75) is 19.9 Å². The SMILES string of the molecule is CCc1ccc(N2COc3ccc4cc(Br)ccc4c3C2)cc1. The molecule has 3 heteroatoms. The molecule has 0 bridgehead atoms. The monoisotopic (exact) mass is 367 g/mol. The molecule has 1 aliphatic rings. The Morgan fingerprint density at radius 1 is 1.04 bits per heavy atom. The first-order valence-corrected chi connectivity index (χ1v) is 8.72. The van der Waals surface area contributed by atoms with Gasteiger partial charge in [0.05, 0.1) is 6.54 Å². The van der Waals surface area contributed by atoms with Gasteiger partial charge in [0.1, 0.15) is 5.75 Å². The van der Waals surface area contributed by atoms with Crippen LogP contribution in [0.1, 0.15) is 18.1 Å². The van der Waals surface area contributed by atoms with Crippen LogP contribution in [-0.2, 0) is 13.0 Å². The lowest BCUT2D eigenvalue weighted by Gasteiger charge is -2.31. The largest absolute Gasteiger partial charge is 0.473 e. The van der Waals surface area contributed by atoms with E-state index in [1.807, 2.05) is 0 Å². The molecule has 0 N–H and O–H groups in total. The van der Waals surface area contributed by atoms with E-state index in [0.29, 0.717) is 6.73 Å². The van der Waals surface area contributed by atoms with Crippen LogP contribution in [0, 0.1) is 0 Å². The van der Waals surface area contributed by atoms with E-state index in [4.69, 9.17) is 4.74 Å². The molecule has 0 fully saturated rings. The maximum atomic E-state index is 6.00. The molecule has 0 amide bonds. The molecule has 0 spiro atoms. The number of aryl methyl sites for hydroxylation is 1. The van der Waals surface area contributed by atoms with E-state index in [1.54, 1.807) is 0 Å². The number of benzene rings is 3. The zero-order valence-corrected chi connectivity index (χ0v) is 14.6. The highest BCUT2D eigenvalue weighted by Gasteiger charge is 2.19. The molecular weight excluding hydrogens is 350 g/mol. The van der Waals surface area contributed by atoms with E-state index in [0.717, 1.165) is 23.2 Å². The van der Waals surface area contributed by atoms with Crippen LogP contribution in [0.3, 0.4) is 0 Å². The summed E-state index contributed by atoms with van der Waals surface area (Å²) < 4.78 is 7.10. The van der Waals surface area contributed by atoms with Gasteiger partial charge in [0.25, 0.3) is 0 Å². The summed E-state index contributed by atoms with van der Waals surface area (Å²) in [6.07, 6.45) is 1.07. The smallest absolute Gasteiger partial charge is 0.161 e. The molecule has 23 heavy (non-hydrogen) atoms. The van der Waals surface area contributed by atoms with Crippen molar-refractivity contribution in [3.63, 3.8) is 0 Å². The predicted molar refractivity (Wildman–Crippen MR) is 99.1 cm³/mol. The van der Waals surface area contributed by atoms with Crippen LogP contribution in [0.2, 0.25) is 0 Å². The Balaban J connectivity index is 1.72. The fraction of sp³-hybridized carbons (Fsp3) is 0.200. The zero-order chi connectivity index (χ0) is 15.8. The molecule has 0 unspecified atom stereocenters. The second-order valence-electron chi connectivity index (χ2n) is 5.90. The average Bonchev–Trinajstić information content (AvgIpc) is 2.61. The normalized spacial score (nSPS) is 13.7. The van der Waals surface area contributed by atoms with Crippen LogP contribution in [0.25, 0.3) is 10.8 Å². The molecule has 4 rings (SSSR count). The molecular formula is C20H18BrNO. The van der Waals surface area contributed by atoms with Crippen LogP contribution in [-0.4, -0.2) is 6.73 Å². The van der Waals surface area contributed by atoms with Crippen molar-refractivity contribution in [3.8, 4) is 5.75 Å². The molecule has 1 heterocycles. The first kappa shape index (κ1) is 14.6. The average molecular weight is 368 g/mol. The Labute approximate surface area is 144 Å². The summed E-state index contributed by atoms with van der Waals surface area (Å²) in [5.41, 5.74) is 3.84. The number of halogens is 1. The molecule has 3 aromatic rings.